The van der Waals surface area contributed by atoms with E-state index in [0.717, 1.165) is 4.57 Å². The van der Waals surface area contributed by atoms with Gasteiger partial charge in [0.25, 0.3) is 0 Å². The van der Waals surface area contributed by atoms with Crippen LogP contribution in [0, 0.1) is 5.92 Å². The van der Waals surface area contributed by atoms with E-state index in [1.807, 2.05) is 6.92 Å². The third kappa shape index (κ3) is 4.50. The zero-order valence-corrected chi connectivity index (χ0v) is 11.7. The van der Waals surface area contributed by atoms with Crippen LogP contribution >= 0.6 is 0 Å². The molecule has 0 radical (unpaired) electrons. The molecule has 0 aliphatic heterocycles. The molecule has 0 spiro atoms. The fraction of sp³-hybridized carbons (Fsp3) is 0.667. The number of hydrogen-bond donors (Lipinski definition) is 2. The molecule has 0 aromatic carbocycles. The molecular formula is C12H21F2N5. The second-order valence-electron chi connectivity index (χ2n) is 4.63. The van der Waals surface area contributed by atoms with Crippen LogP contribution in [0.15, 0.2) is 17.4 Å². The first-order valence-electron chi connectivity index (χ1n) is 6.22. The molecule has 1 atom stereocenters. The van der Waals surface area contributed by atoms with Crippen LogP contribution in [-0.4, -0.2) is 28.6 Å². The molecule has 1 heterocycles. The number of guanidine groups is 1. The monoisotopic (exact) mass is 273 g/mol. The van der Waals surface area contributed by atoms with Crippen molar-refractivity contribution in [2.24, 2.45) is 10.9 Å². The van der Waals surface area contributed by atoms with E-state index < -0.39 is 6.55 Å². The second-order valence-corrected chi connectivity index (χ2v) is 4.63. The van der Waals surface area contributed by atoms with Crippen LogP contribution in [0.1, 0.15) is 33.1 Å². The van der Waals surface area contributed by atoms with Crippen molar-refractivity contribution in [3.05, 3.63) is 18.2 Å². The van der Waals surface area contributed by atoms with E-state index >= 15 is 0 Å². The molecule has 2 N–H and O–H groups in total. The summed E-state index contributed by atoms with van der Waals surface area (Å²) in [7, 11) is 1.64. The Labute approximate surface area is 112 Å². The third-order valence-electron chi connectivity index (χ3n) is 2.96. The van der Waals surface area contributed by atoms with Gasteiger partial charge < -0.3 is 10.6 Å². The van der Waals surface area contributed by atoms with Crippen molar-refractivity contribution in [1.29, 1.82) is 0 Å². The first kappa shape index (κ1) is 15.4. The van der Waals surface area contributed by atoms with Crippen molar-refractivity contribution in [3.63, 3.8) is 0 Å². The Morgan fingerprint density at radius 1 is 1.42 bits per heavy atom. The van der Waals surface area contributed by atoms with E-state index in [0.29, 0.717) is 11.9 Å². The highest BCUT2D eigenvalue weighted by atomic mass is 19.3. The van der Waals surface area contributed by atoms with Crippen molar-refractivity contribution in [2.45, 2.75) is 39.9 Å². The van der Waals surface area contributed by atoms with Gasteiger partial charge in [-0.05, 0) is 12.8 Å². The van der Waals surface area contributed by atoms with Gasteiger partial charge in [-0.15, -0.1) is 0 Å². The standard InChI is InChI=1S/C12H21F2N5/c1-8(2)9(3)18-12(15-4)17-7-10-16-5-6-19(10)11(13)14/h5-6,8-9,11H,7H2,1-4H3,(H2,15,17,18). The van der Waals surface area contributed by atoms with Crippen LogP contribution in [0.4, 0.5) is 8.78 Å². The van der Waals surface area contributed by atoms with Crippen LogP contribution in [0.3, 0.4) is 0 Å². The summed E-state index contributed by atoms with van der Waals surface area (Å²) in [5.74, 6) is 1.29. The van der Waals surface area contributed by atoms with E-state index in [1.165, 1.54) is 12.4 Å². The van der Waals surface area contributed by atoms with Gasteiger partial charge in [-0.2, -0.15) is 8.78 Å². The summed E-state index contributed by atoms with van der Waals surface area (Å²) in [6, 6.07) is 0.237. The highest BCUT2D eigenvalue weighted by Crippen LogP contribution is 2.11. The molecule has 0 saturated carbocycles. The Hall–Kier alpha value is -1.66. The van der Waals surface area contributed by atoms with E-state index in [-0.39, 0.29) is 18.4 Å². The summed E-state index contributed by atoms with van der Waals surface area (Å²) in [6.45, 7) is 3.84. The lowest BCUT2D eigenvalue weighted by molar-refractivity contribution is 0.0668. The molecule has 5 nitrogen and oxygen atoms in total. The maximum Gasteiger partial charge on any atom is 0.319 e. The minimum absolute atomic E-state index is 0.196. The third-order valence-corrected chi connectivity index (χ3v) is 2.96. The van der Waals surface area contributed by atoms with E-state index in [2.05, 4.69) is 34.5 Å². The molecule has 7 heteroatoms. The number of nitrogens with one attached hydrogen (secondary N) is 2. The van der Waals surface area contributed by atoms with Gasteiger partial charge in [0.05, 0.1) is 6.54 Å². The molecule has 1 aromatic heterocycles. The maximum atomic E-state index is 12.6. The SMILES string of the molecule is CN=C(NCc1nccn1C(F)F)NC(C)C(C)C. The highest BCUT2D eigenvalue weighted by molar-refractivity contribution is 5.79. The Morgan fingerprint density at radius 3 is 2.63 bits per heavy atom. The van der Waals surface area contributed by atoms with Gasteiger partial charge in [-0.1, -0.05) is 13.8 Å². The van der Waals surface area contributed by atoms with Crippen molar-refractivity contribution < 1.29 is 8.78 Å². The molecule has 0 fully saturated rings. The predicted molar refractivity (Wildman–Crippen MR) is 71.1 cm³/mol. The number of aliphatic imine (C=N–C) groups is 1. The zero-order chi connectivity index (χ0) is 14.4. The number of rotatable bonds is 5. The Bertz CT molecular complexity index is 414. The molecule has 108 valence electrons. The molecule has 0 saturated heterocycles. The number of aromatic nitrogens is 2. The molecule has 19 heavy (non-hydrogen) atoms. The molecule has 0 aliphatic rings. The van der Waals surface area contributed by atoms with Gasteiger partial charge in [0.2, 0.25) is 0 Å². The normalized spacial score (nSPS) is 14.0. The van der Waals surface area contributed by atoms with Crippen LogP contribution in [0.5, 0.6) is 0 Å². The summed E-state index contributed by atoms with van der Waals surface area (Å²) in [5.41, 5.74) is 0. The Balaban J connectivity index is 2.57. The smallest absolute Gasteiger partial charge is 0.319 e. The van der Waals surface area contributed by atoms with Crippen molar-refractivity contribution >= 4 is 5.96 Å². The Kier molecular flexibility index (Phi) is 5.72. The summed E-state index contributed by atoms with van der Waals surface area (Å²) in [5, 5.41) is 6.17. The fourth-order valence-electron chi connectivity index (χ4n) is 1.40. The summed E-state index contributed by atoms with van der Waals surface area (Å²) < 4.78 is 26.1. The molecule has 0 amide bonds. The van der Waals surface area contributed by atoms with Crippen molar-refractivity contribution in [3.8, 4) is 0 Å². The largest absolute Gasteiger partial charge is 0.354 e. The summed E-state index contributed by atoms with van der Waals surface area (Å²) in [4.78, 5) is 7.95. The lowest BCUT2D eigenvalue weighted by atomic mass is 10.1. The molecular weight excluding hydrogens is 252 g/mol. The average Bonchev–Trinajstić information content (AvgIpc) is 2.82. The average molecular weight is 273 g/mol. The lowest BCUT2D eigenvalue weighted by Crippen LogP contribution is -2.44. The minimum Gasteiger partial charge on any atom is -0.354 e. The van der Waals surface area contributed by atoms with E-state index in [9.17, 15) is 8.78 Å². The topological polar surface area (TPSA) is 54.2 Å². The van der Waals surface area contributed by atoms with Gasteiger partial charge in [-0.25, -0.2) is 4.98 Å². The summed E-state index contributed by atoms with van der Waals surface area (Å²) in [6.07, 6.45) is 2.62. The molecule has 0 bridgehead atoms. The van der Waals surface area contributed by atoms with Gasteiger partial charge in [0.1, 0.15) is 5.82 Å². The van der Waals surface area contributed by atoms with Gasteiger partial charge in [0.15, 0.2) is 5.96 Å². The van der Waals surface area contributed by atoms with Gasteiger partial charge in [-0.3, -0.25) is 9.56 Å². The quantitative estimate of drug-likeness (QED) is 0.637. The van der Waals surface area contributed by atoms with Crippen LogP contribution in [0.2, 0.25) is 0 Å². The highest BCUT2D eigenvalue weighted by Gasteiger charge is 2.13. The zero-order valence-electron chi connectivity index (χ0n) is 11.7. The fourth-order valence-corrected chi connectivity index (χ4v) is 1.40. The van der Waals surface area contributed by atoms with Crippen LogP contribution in [-0.2, 0) is 6.54 Å². The first-order valence-corrected chi connectivity index (χ1v) is 6.22. The maximum absolute atomic E-state index is 12.6. The number of hydrogen-bond acceptors (Lipinski definition) is 2. The van der Waals surface area contributed by atoms with Crippen LogP contribution in [0.25, 0.3) is 0 Å². The predicted octanol–water partition coefficient (Wildman–Crippen LogP) is 1.99. The van der Waals surface area contributed by atoms with E-state index in [1.54, 1.807) is 7.05 Å². The molecule has 1 aromatic rings. The number of halogens is 2. The second kappa shape index (κ2) is 7.06. The van der Waals surface area contributed by atoms with Crippen molar-refractivity contribution in [2.75, 3.05) is 7.05 Å². The lowest BCUT2D eigenvalue weighted by Gasteiger charge is -2.20. The van der Waals surface area contributed by atoms with Crippen molar-refractivity contribution in [1.82, 2.24) is 20.2 Å². The molecule has 1 rings (SSSR count). The number of alkyl halides is 2. The number of nitrogens with zero attached hydrogens (tertiary/aromatic N) is 3. The molecule has 1 unspecified atom stereocenters. The number of imidazole rings is 1. The molecule has 0 aliphatic carbocycles. The first-order chi connectivity index (χ1) is 8.95. The van der Waals surface area contributed by atoms with Gasteiger partial charge in [0, 0.05) is 25.5 Å². The summed E-state index contributed by atoms with van der Waals surface area (Å²) >= 11 is 0. The van der Waals surface area contributed by atoms with Crippen LogP contribution < -0.4 is 10.6 Å². The Morgan fingerprint density at radius 2 is 2.11 bits per heavy atom. The minimum atomic E-state index is -2.58. The van der Waals surface area contributed by atoms with E-state index in [4.69, 9.17) is 0 Å². The van der Waals surface area contributed by atoms with Gasteiger partial charge >= 0.3 is 6.55 Å².